The molecular weight excluding hydrogens is 264 g/mol. The molecule has 1 unspecified atom stereocenters. The number of hydrogen-bond donors (Lipinski definition) is 3. The van der Waals surface area contributed by atoms with Crippen molar-refractivity contribution in [1.29, 1.82) is 0 Å². The van der Waals surface area contributed by atoms with Crippen LogP contribution in [0, 0.1) is 5.41 Å². The molecule has 1 atom stereocenters. The Balaban J connectivity index is 2.10. The predicted molar refractivity (Wildman–Crippen MR) is 73.8 cm³/mol. The Labute approximate surface area is 113 Å². The molecule has 1 heterocycles. The minimum atomic E-state index is -3.50. The Morgan fingerprint density at radius 2 is 2.16 bits per heavy atom. The number of hydrazine groups is 1. The normalized spacial score (nSPS) is 22.4. The standard InChI is InChI=1S/C12H20N4O2S/c1-12(2)6-5-9(7-12)16-19(17,18)10-3-4-11(15-13)14-8-10/h3-4,8-9,16H,5-7,13H2,1-2H3,(H,14,15). The van der Waals surface area contributed by atoms with Gasteiger partial charge in [-0.3, -0.25) is 0 Å². The molecule has 1 fully saturated rings. The molecule has 4 N–H and O–H groups in total. The predicted octanol–water partition coefficient (Wildman–Crippen LogP) is 1.22. The second-order valence-corrected chi connectivity index (χ2v) is 7.46. The lowest BCUT2D eigenvalue weighted by Gasteiger charge is -2.17. The van der Waals surface area contributed by atoms with E-state index in [1.165, 1.54) is 18.3 Å². The number of sulfonamides is 1. The second kappa shape index (κ2) is 5.07. The molecule has 1 aromatic rings. The summed E-state index contributed by atoms with van der Waals surface area (Å²) in [5.41, 5.74) is 2.57. The van der Waals surface area contributed by atoms with Gasteiger partial charge in [-0.2, -0.15) is 0 Å². The molecule has 1 aliphatic rings. The molecule has 0 radical (unpaired) electrons. The first-order valence-corrected chi connectivity index (χ1v) is 7.76. The van der Waals surface area contributed by atoms with Gasteiger partial charge in [0.25, 0.3) is 0 Å². The molecule has 2 rings (SSSR count). The number of nitrogen functional groups attached to an aromatic ring is 1. The summed E-state index contributed by atoms with van der Waals surface area (Å²) in [5, 5.41) is 0. The lowest BCUT2D eigenvalue weighted by molar-refractivity contribution is 0.372. The van der Waals surface area contributed by atoms with Crippen molar-refractivity contribution >= 4 is 15.8 Å². The largest absolute Gasteiger partial charge is 0.308 e. The third-order valence-corrected chi connectivity index (χ3v) is 4.99. The zero-order valence-corrected chi connectivity index (χ0v) is 12.0. The van der Waals surface area contributed by atoms with E-state index < -0.39 is 10.0 Å². The highest BCUT2D eigenvalue weighted by atomic mass is 32.2. The maximum Gasteiger partial charge on any atom is 0.242 e. The monoisotopic (exact) mass is 284 g/mol. The molecule has 0 amide bonds. The van der Waals surface area contributed by atoms with Crippen molar-refractivity contribution in [2.75, 3.05) is 5.43 Å². The minimum Gasteiger partial charge on any atom is -0.308 e. The quantitative estimate of drug-likeness (QED) is 0.570. The summed E-state index contributed by atoms with van der Waals surface area (Å²) in [7, 11) is -3.50. The molecule has 0 spiro atoms. The van der Waals surface area contributed by atoms with Crippen LogP contribution >= 0.6 is 0 Å². The van der Waals surface area contributed by atoms with Crippen molar-refractivity contribution in [1.82, 2.24) is 9.71 Å². The summed E-state index contributed by atoms with van der Waals surface area (Å²) in [6.07, 6.45) is 4.08. The lowest BCUT2D eigenvalue weighted by Crippen LogP contribution is -2.33. The van der Waals surface area contributed by atoms with Crippen LogP contribution in [-0.4, -0.2) is 19.4 Å². The van der Waals surface area contributed by atoms with Crippen LogP contribution in [0.25, 0.3) is 0 Å². The molecule has 1 aromatic heterocycles. The van der Waals surface area contributed by atoms with Crippen LogP contribution in [-0.2, 0) is 10.0 Å². The van der Waals surface area contributed by atoms with E-state index >= 15 is 0 Å². The van der Waals surface area contributed by atoms with Gasteiger partial charge in [-0.25, -0.2) is 24.0 Å². The third-order valence-electron chi connectivity index (χ3n) is 3.48. The number of nitrogens with two attached hydrogens (primary N) is 1. The molecule has 19 heavy (non-hydrogen) atoms. The molecule has 1 saturated carbocycles. The fourth-order valence-electron chi connectivity index (χ4n) is 2.45. The Hall–Kier alpha value is -1.18. The maximum atomic E-state index is 12.2. The maximum absolute atomic E-state index is 12.2. The van der Waals surface area contributed by atoms with Crippen LogP contribution < -0.4 is 16.0 Å². The third kappa shape index (κ3) is 3.43. The van der Waals surface area contributed by atoms with Gasteiger partial charge in [-0.05, 0) is 36.8 Å². The van der Waals surface area contributed by atoms with Gasteiger partial charge < -0.3 is 5.43 Å². The van der Waals surface area contributed by atoms with Crippen LogP contribution in [0.3, 0.4) is 0 Å². The van der Waals surface area contributed by atoms with Crippen molar-refractivity contribution in [3.05, 3.63) is 18.3 Å². The van der Waals surface area contributed by atoms with Crippen LogP contribution in [0.2, 0.25) is 0 Å². The van der Waals surface area contributed by atoms with E-state index in [-0.39, 0.29) is 16.4 Å². The van der Waals surface area contributed by atoms with E-state index in [4.69, 9.17) is 5.84 Å². The number of aromatic nitrogens is 1. The molecule has 0 aliphatic heterocycles. The summed E-state index contributed by atoms with van der Waals surface area (Å²) in [6, 6.07) is 3.03. The van der Waals surface area contributed by atoms with Gasteiger partial charge in [0.15, 0.2) is 0 Å². The van der Waals surface area contributed by atoms with Gasteiger partial charge in [0.1, 0.15) is 10.7 Å². The topological polar surface area (TPSA) is 97.1 Å². The highest BCUT2D eigenvalue weighted by molar-refractivity contribution is 7.89. The van der Waals surface area contributed by atoms with E-state index in [2.05, 4.69) is 29.0 Å². The van der Waals surface area contributed by atoms with Crippen molar-refractivity contribution in [3.8, 4) is 0 Å². The van der Waals surface area contributed by atoms with Crippen LogP contribution in [0.1, 0.15) is 33.1 Å². The Morgan fingerprint density at radius 3 is 2.63 bits per heavy atom. The molecule has 6 nitrogen and oxygen atoms in total. The first-order valence-electron chi connectivity index (χ1n) is 6.27. The zero-order valence-electron chi connectivity index (χ0n) is 11.2. The average Bonchev–Trinajstić information content (AvgIpc) is 2.68. The van der Waals surface area contributed by atoms with Gasteiger partial charge in [0, 0.05) is 12.2 Å². The number of anilines is 1. The second-order valence-electron chi connectivity index (χ2n) is 5.75. The Bertz CT molecular complexity index is 539. The summed E-state index contributed by atoms with van der Waals surface area (Å²) in [6.45, 7) is 4.31. The van der Waals surface area contributed by atoms with E-state index in [0.29, 0.717) is 5.82 Å². The lowest BCUT2D eigenvalue weighted by atomic mass is 9.92. The zero-order chi connectivity index (χ0) is 14.1. The van der Waals surface area contributed by atoms with Gasteiger partial charge in [0.05, 0.1) is 0 Å². The first-order chi connectivity index (χ1) is 8.82. The Kier molecular flexibility index (Phi) is 3.80. The highest BCUT2D eigenvalue weighted by Crippen LogP contribution is 2.37. The van der Waals surface area contributed by atoms with Crippen molar-refractivity contribution in [2.45, 2.75) is 44.0 Å². The van der Waals surface area contributed by atoms with Gasteiger partial charge in [-0.1, -0.05) is 13.8 Å². The minimum absolute atomic E-state index is 0.00677. The first kappa shape index (κ1) is 14.2. The van der Waals surface area contributed by atoms with Crippen molar-refractivity contribution in [3.63, 3.8) is 0 Å². The van der Waals surface area contributed by atoms with Crippen LogP contribution in [0.4, 0.5) is 5.82 Å². The summed E-state index contributed by atoms with van der Waals surface area (Å²) >= 11 is 0. The molecule has 106 valence electrons. The van der Waals surface area contributed by atoms with Gasteiger partial charge in [-0.15, -0.1) is 0 Å². The fraction of sp³-hybridized carbons (Fsp3) is 0.583. The molecular formula is C12H20N4O2S. The van der Waals surface area contributed by atoms with E-state index in [1.807, 2.05) is 0 Å². The summed E-state index contributed by atoms with van der Waals surface area (Å²) < 4.78 is 27.1. The van der Waals surface area contributed by atoms with E-state index in [9.17, 15) is 8.42 Å². The SMILES string of the molecule is CC1(C)CCC(NS(=O)(=O)c2ccc(NN)nc2)C1. The van der Waals surface area contributed by atoms with Crippen LogP contribution in [0.5, 0.6) is 0 Å². The van der Waals surface area contributed by atoms with Crippen molar-refractivity contribution < 1.29 is 8.42 Å². The summed E-state index contributed by atoms with van der Waals surface area (Å²) in [4.78, 5) is 4.07. The van der Waals surface area contributed by atoms with E-state index in [1.54, 1.807) is 0 Å². The van der Waals surface area contributed by atoms with Gasteiger partial charge in [0.2, 0.25) is 10.0 Å². The number of rotatable bonds is 4. The Morgan fingerprint density at radius 1 is 1.42 bits per heavy atom. The number of nitrogens with one attached hydrogen (secondary N) is 2. The van der Waals surface area contributed by atoms with Crippen LogP contribution in [0.15, 0.2) is 23.2 Å². The molecule has 0 aromatic carbocycles. The van der Waals surface area contributed by atoms with E-state index in [0.717, 1.165) is 19.3 Å². The number of pyridine rings is 1. The smallest absolute Gasteiger partial charge is 0.242 e. The average molecular weight is 284 g/mol. The molecule has 0 bridgehead atoms. The fourth-order valence-corrected chi connectivity index (χ4v) is 3.66. The molecule has 1 aliphatic carbocycles. The molecule has 0 saturated heterocycles. The number of hydrogen-bond acceptors (Lipinski definition) is 5. The molecule has 7 heteroatoms. The van der Waals surface area contributed by atoms with Crippen molar-refractivity contribution in [2.24, 2.45) is 11.3 Å². The number of nitrogens with zero attached hydrogens (tertiary/aromatic N) is 1. The van der Waals surface area contributed by atoms with Gasteiger partial charge >= 0.3 is 0 Å². The summed E-state index contributed by atoms with van der Waals surface area (Å²) in [5.74, 6) is 5.62. The highest BCUT2D eigenvalue weighted by Gasteiger charge is 2.33.